The van der Waals surface area contributed by atoms with Crippen molar-refractivity contribution >= 4 is 40.7 Å². The summed E-state index contributed by atoms with van der Waals surface area (Å²) in [4.78, 5) is 27.6. The molecule has 0 aliphatic carbocycles. The second kappa shape index (κ2) is 14.4. The van der Waals surface area contributed by atoms with Gasteiger partial charge in [0.1, 0.15) is 11.6 Å². The molecule has 250 valence electrons. The predicted octanol–water partition coefficient (Wildman–Crippen LogP) is 4.55. The Kier molecular flexibility index (Phi) is 10.1. The SMILES string of the molecule is [2H]CC(=O)OC1O[C@@](CO[Si](c2ccccc2)(c2ccccc2)C(C)(C)C)(COS(=O)(=O)c2ccc(C)cc2)[C@@H](N=[N+]=[N-])[C@H]1OC(=O)C[2H]. The van der Waals surface area contributed by atoms with Gasteiger partial charge in [-0.3, -0.25) is 13.8 Å². The van der Waals surface area contributed by atoms with E-state index in [0.29, 0.717) is 0 Å². The van der Waals surface area contributed by atoms with Gasteiger partial charge >= 0.3 is 11.9 Å². The molecule has 0 saturated carbocycles. The van der Waals surface area contributed by atoms with Crippen molar-refractivity contribution in [1.82, 2.24) is 0 Å². The van der Waals surface area contributed by atoms with Crippen molar-refractivity contribution in [2.75, 3.05) is 13.2 Å². The summed E-state index contributed by atoms with van der Waals surface area (Å²) in [6, 6.07) is 23.4. The Morgan fingerprint density at radius 3 is 2.00 bits per heavy atom. The molecule has 1 aliphatic heterocycles. The minimum atomic E-state index is -4.45. The largest absolute Gasteiger partial charge is 0.455 e. The van der Waals surface area contributed by atoms with Gasteiger partial charge in [-0.2, -0.15) is 8.42 Å². The van der Waals surface area contributed by atoms with E-state index in [9.17, 15) is 23.5 Å². The van der Waals surface area contributed by atoms with Crippen LogP contribution in [0.15, 0.2) is 94.9 Å². The van der Waals surface area contributed by atoms with Gasteiger partial charge < -0.3 is 18.6 Å². The van der Waals surface area contributed by atoms with Crippen LogP contribution in [-0.4, -0.2) is 65.9 Å². The number of benzene rings is 3. The monoisotopic (exact) mass is 683 g/mol. The van der Waals surface area contributed by atoms with Crippen LogP contribution < -0.4 is 10.4 Å². The van der Waals surface area contributed by atoms with Crippen molar-refractivity contribution in [1.29, 1.82) is 0 Å². The summed E-state index contributed by atoms with van der Waals surface area (Å²) in [7, 11) is -7.83. The number of carbonyl (C=O) groups is 2. The molecule has 0 N–H and O–H groups in total. The Morgan fingerprint density at radius 1 is 0.936 bits per heavy atom. The molecule has 0 radical (unpaired) electrons. The molecule has 0 bridgehead atoms. The van der Waals surface area contributed by atoms with E-state index in [1.165, 1.54) is 12.1 Å². The standard InChI is InChI=1S/C33H39N3O9SSi/c1-23-17-19-26(20-18-23)46(39,40)41-21-33(30(35-36-34)29(43-24(2)37)31(45-33)44-25(3)38)22-42-47(32(4,5)6,27-13-9-7-10-14-27)28-15-11-8-12-16-28/h7-20,29-31H,21-22H2,1-6H3/t29-,30+,31?,33-/m1/s1/i2D,3D. The van der Waals surface area contributed by atoms with Crippen LogP contribution in [0.25, 0.3) is 10.4 Å². The highest BCUT2D eigenvalue weighted by molar-refractivity contribution is 7.86. The van der Waals surface area contributed by atoms with Crippen molar-refractivity contribution in [3.8, 4) is 0 Å². The van der Waals surface area contributed by atoms with E-state index in [-0.39, 0.29) is 4.90 Å². The van der Waals surface area contributed by atoms with Crippen LogP contribution >= 0.6 is 0 Å². The first-order valence-electron chi connectivity index (χ1n) is 16.0. The van der Waals surface area contributed by atoms with Crippen LogP contribution in [0.1, 0.15) is 42.9 Å². The van der Waals surface area contributed by atoms with E-state index < -0.39 is 86.5 Å². The minimum Gasteiger partial charge on any atom is -0.455 e. The number of rotatable bonds is 12. The van der Waals surface area contributed by atoms with Crippen LogP contribution in [0.3, 0.4) is 0 Å². The van der Waals surface area contributed by atoms with Gasteiger partial charge in [-0.1, -0.05) is 104 Å². The number of aryl methyl sites for hydroxylation is 1. The number of esters is 2. The lowest BCUT2D eigenvalue weighted by Gasteiger charge is -2.45. The minimum absolute atomic E-state index is 0.158. The van der Waals surface area contributed by atoms with Gasteiger partial charge in [-0.05, 0) is 40.0 Å². The van der Waals surface area contributed by atoms with Gasteiger partial charge in [-0.15, -0.1) is 0 Å². The lowest BCUT2D eigenvalue weighted by Crippen LogP contribution is -2.68. The highest BCUT2D eigenvalue weighted by Crippen LogP contribution is 2.42. The number of nitrogens with zero attached hydrogens (tertiary/aromatic N) is 3. The van der Waals surface area contributed by atoms with Gasteiger partial charge in [0.15, 0.2) is 6.10 Å². The van der Waals surface area contributed by atoms with Crippen molar-refractivity contribution in [3.63, 3.8) is 0 Å². The lowest BCUT2D eigenvalue weighted by molar-refractivity contribution is -0.210. The molecule has 4 atom stereocenters. The van der Waals surface area contributed by atoms with Gasteiger partial charge in [0.2, 0.25) is 6.29 Å². The average molecular weight is 684 g/mol. The van der Waals surface area contributed by atoms with Crippen molar-refractivity contribution in [2.24, 2.45) is 5.11 Å². The summed E-state index contributed by atoms with van der Waals surface area (Å²) in [5.74, 6) is -2.12. The van der Waals surface area contributed by atoms with E-state index in [4.69, 9.17) is 25.6 Å². The molecule has 1 fully saturated rings. The molecule has 1 saturated heterocycles. The summed E-state index contributed by atoms with van der Waals surface area (Å²) in [6.45, 7) is 4.87. The summed E-state index contributed by atoms with van der Waals surface area (Å²) in [6.07, 6.45) is -3.41. The molecule has 14 heteroatoms. The maximum atomic E-state index is 13.5. The summed E-state index contributed by atoms with van der Waals surface area (Å²) in [5, 5.41) is 5.03. The molecule has 3 aromatic carbocycles. The maximum absolute atomic E-state index is 13.5. The third kappa shape index (κ3) is 7.75. The second-order valence-electron chi connectivity index (χ2n) is 12.1. The van der Waals surface area contributed by atoms with Crippen LogP contribution in [0.5, 0.6) is 0 Å². The number of azide groups is 1. The lowest BCUT2D eigenvalue weighted by atomic mass is 9.95. The molecule has 1 heterocycles. The predicted molar refractivity (Wildman–Crippen MR) is 176 cm³/mol. The fourth-order valence-electron chi connectivity index (χ4n) is 5.76. The molecule has 1 unspecified atom stereocenters. The normalized spacial score (nSPS) is 22.0. The maximum Gasteiger partial charge on any atom is 0.305 e. The van der Waals surface area contributed by atoms with Crippen LogP contribution in [0, 0.1) is 6.92 Å². The summed E-state index contributed by atoms with van der Waals surface area (Å²) < 4.78 is 71.6. The first kappa shape index (κ1) is 32.9. The first-order chi connectivity index (χ1) is 23.2. The zero-order valence-corrected chi connectivity index (χ0v) is 28.4. The quantitative estimate of drug-likeness (QED) is 0.0666. The Labute approximate surface area is 278 Å². The van der Waals surface area contributed by atoms with E-state index in [0.717, 1.165) is 15.9 Å². The van der Waals surface area contributed by atoms with Gasteiger partial charge in [0.05, 0.1) is 18.1 Å². The molecule has 12 nitrogen and oxygen atoms in total. The van der Waals surface area contributed by atoms with Crippen LogP contribution in [-0.2, 0) is 42.5 Å². The van der Waals surface area contributed by atoms with E-state index in [2.05, 4.69) is 10.0 Å². The number of hydrogen-bond acceptors (Lipinski definition) is 10. The molecule has 0 spiro atoms. The first-order valence-corrected chi connectivity index (χ1v) is 18.0. The summed E-state index contributed by atoms with van der Waals surface area (Å²) in [5.41, 5.74) is 8.49. The zero-order chi connectivity index (χ0) is 35.9. The zero-order valence-electron chi connectivity index (χ0n) is 28.6. The highest BCUT2D eigenvalue weighted by Gasteiger charge is 2.61. The summed E-state index contributed by atoms with van der Waals surface area (Å²) >= 11 is 0. The Balaban J connectivity index is 1.90. The smallest absolute Gasteiger partial charge is 0.305 e. The molecule has 47 heavy (non-hydrogen) atoms. The number of ether oxygens (including phenoxy) is 3. The molecule has 1 aliphatic rings. The van der Waals surface area contributed by atoms with E-state index >= 15 is 0 Å². The highest BCUT2D eigenvalue weighted by atomic mass is 32.2. The van der Waals surface area contributed by atoms with Gasteiger partial charge in [-0.25, -0.2) is 0 Å². The van der Waals surface area contributed by atoms with Gasteiger partial charge in [0, 0.05) is 21.5 Å². The van der Waals surface area contributed by atoms with Crippen molar-refractivity contribution in [3.05, 3.63) is 101 Å². The van der Waals surface area contributed by atoms with Crippen LogP contribution in [0.4, 0.5) is 0 Å². The van der Waals surface area contributed by atoms with Crippen molar-refractivity contribution in [2.45, 2.75) is 75.5 Å². The topological polar surface area (TPSA) is 163 Å². The van der Waals surface area contributed by atoms with E-state index in [1.807, 2.05) is 81.4 Å². The fraction of sp³-hybridized carbons (Fsp3) is 0.394. The molecule has 3 aromatic rings. The molecule has 0 amide bonds. The Bertz CT molecular complexity index is 1720. The Hall–Kier alpha value is -4.04. The van der Waals surface area contributed by atoms with Gasteiger partial charge in [0.25, 0.3) is 18.4 Å². The average Bonchev–Trinajstić information content (AvgIpc) is 3.35. The second-order valence-corrected chi connectivity index (χ2v) is 18.0. The molecular weight excluding hydrogens is 643 g/mol. The number of carbonyl (C=O) groups excluding carboxylic acids is 2. The molecular formula is C33H39N3O9SSi. The molecule has 4 rings (SSSR count). The Morgan fingerprint density at radius 2 is 1.49 bits per heavy atom. The van der Waals surface area contributed by atoms with E-state index in [1.54, 1.807) is 19.1 Å². The number of hydrogen-bond donors (Lipinski definition) is 0. The van der Waals surface area contributed by atoms with Crippen molar-refractivity contribution < 1.29 is 43.6 Å². The third-order valence-corrected chi connectivity index (χ3v) is 14.1. The van der Waals surface area contributed by atoms with Crippen LogP contribution in [0.2, 0.25) is 5.04 Å². The molecule has 0 aromatic heterocycles. The third-order valence-electron chi connectivity index (χ3n) is 7.88. The fourth-order valence-corrected chi connectivity index (χ4v) is 11.3.